The van der Waals surface area contributed by atoms with Crippen molar-refractivity contribution in [2.24, 2.45) is 5.10 Å². The number of hydrogen-bond acceptors (Lipinski definition) is 4. The molecule has 0 spiro atoms. The van der Waals surface area contributed by atoms with Crippen LogP contribution in [0.25, 0.3) is 0 Å². The van der Waals surface area contributed by atoms with Crippen molar-refractivity contribution in [3.05, 3.63) is 57.8 Å². The lowest BCUT2D eigenvalue weighted by molar-refractivity contribution is 0.0955. The number of ether oxygens (including phenoxy) is 2. The maximum Gasteiger partial charge on any atom is 0.271 e. The van der Waals surface area contributed by atoms with Crippen LogP contribution in [0.2, 0.25) is 0 Å². The average molecular weight is 419 g/mol. The first-order valence-electron chi connectivity index (χ1n) is 7.66. The molecule has 7 heteroatoms. The summed E-state index contributed by atoms with van der Waals surface area (Å²) in [4.78, 5) is 11.9. The molecule has 2 rings (SSSR count). The number of nitrogens with zero attached hydrogens (tertiary/aromatic N) is 1. The number of carbonyl (C=O) groups excluding carboxylic acids is 1. The first-order chi connectivity index (χ1) is 12.5. The van der Waals surface area contributed by atoms with Crippen LogP contribution in [0, 0.1) is 18.2 Å². The summed E-state index contributed by atoms with van der Waals surface area (Å²) in [5.41, 5.74) is 3.36. The number of terminal acetylenes is 1. The van der Waals surface area contributed by atoms with Crippen LogP contribution in [-0.4, -0.2) is 25.3 Å². The van der Waals surface area contributed by atoms with E-state index < -0.39 is 11.7 Å². The molecule has 1 N–H and O–H groups in total. The van der Waals surface area contributed by atoms with Crippen LogP contribution in [0.4, 0.5) is 4.39 Å². The van der Waals surface area contributed by atoms with Crippen molar-refractivity contribution in [3.63, 3.8) is 0 Å². The Hall–Kier alpha value is -2.85. The fraction of sp³-hybridized carbons (Fsp3) is 0.158. The SMILES string of the molecule is C#CCOc1c(Br)cc(/C=N\NC(=O)c2ccc(F)cc2)cc1OCC. The standard InChI is InChI=1S/C19H16BrFN2O3/c1-3-9-26-18-16(20)10-13(11-17(18)25-4-2)12-22-23-19(24)14-5-7-15(21)8-6-14/h1,5-8,10-12H,4,9H2,2H3,(H,23,24)/b22-12-. The molecule has 0 aliphatic carbocycles. The van der Waals surface area contributed by atoms with Gasteiger partial charge >= 0.3 is 0 Å². The number of halogens is 2. The van der Waals surface area contributed by atoms with Gasteiger partial charge in [-0.05, 0) is 64.8 Å². The number of nitrogens with one attached hydrogen (secondary N) is 1. The van der Waals surface area contributed by atoms with Crippen LogP contribution < -0.4 is 14.9 Å². The molecule has 2 aromatic rings. The van der Waals surface area contributed by atoms with Gasteiger partial charge in [0.2, 0.25) is 0 Å². The molecule has 0 atom stereocenters. The third-order valence-electron chi connectivity index (χ3n) is 3.12. The molecule has 0 saturated carbocycles. The fourth-order valence-electron chi connectivity index (χ4n) is 2.01. The summed E-state index contributed by atoms with van der Waals surface area (Å²) in [5, 5.41) is 3.91. The lowest BCUT2D eigenvalue weighted by atomic mass is 10.2. The highest BCUT2D eigenvalue weighted by Crippen LogP contribution is 2.36. The highest BCUT2D eigenvalue weighted by atomic mass is 79.9. The summed E-state index contributed by atoms with van der Waals surface area (Å²) in [6.45, 7) is 2.41. The van der Waals surface area contributed by atoms with E-state index in [1.165, 1.54) is 30.5 Å². The minimum Gasteiger partial charge on any atom is -0.490 e. The molecule has 134 valence electrons. The van der Waals surface area contributed by atoms with Gasteiger partial charge in [0.1, 0.15) is 12.4 Å². The van der Waals surface area contributed by atoms with E-state index in [-0.39, 0.29) is 6.61 Å². The molecular formula is C19H16BrFN2O3. The van der Waals surface area contributed by atoms with E-state index in [0.29, 0.717) is 33.7 Å². The molecule has 0 fully saturated rings. The first kappa shape index (κ1) is 19.5. The Labute approximate surface area is 159 Å². The molecule has 5 nitrogen and oxygen atoms in total. The maximum absolute atomic E-state index is 12.9. The topological polar surface area (TPSA) is 59.9 Å². The zero-order chi connectivity index (χ0) is 18.9. The van der Waals surface area contributed by atoms with Crippen molar-refractivity contribution in [1.82, 2.24) is 5.43 Å². The lowest BCUT2D eigenvalue weighted by Crippen LogP contribution is -2.17. The molecule has 0 radical (unpaired) electrons. The Kier molecular flexibility index (Phi) is 7.18. The van der Waals surface area contributed by atoms with Crippen LogP contribution in [0.5, 0.6) is 11.5 Å². The van der Waals surface area contributed by atoms with Gasteiger partial charge in [-0.25, -0.2) is 9.82 Å². The van der Waals surface area contributed by atoms with Crippen molar-refractivity contribution >= 4 is 28.1 Å². The number of carbonyl (C=O) groups is 1. The van der Waals surface area contributed by atoms with Crippen LogP contribution in [-0.2, 0) is 0 Å². The van der Waals surface area contributed by atoms with Crippen molar-refractivity contribution < 1.29 is 18.7 Å². The Morgan fingerprint density at radius 3 is 2.73 bits per heavy atom. The Morgan fingerprint density at radius 1 is 1.35 bits per heavy atom. The van der Waals surface area contributed by atoms with E-state index in [1.54, 1.807) is 12.1 Å². The number of hydrazone groups is 1. The van der Waals surface area contributed by atoms with Gasteiger partial charge in [-0.2, -0.15) is 5.10 Å². The van der Waals surface area contributed by atoms with Crippen LogP contribution >= 0.6 is 15.9 Å². The number of benzene rings is 2. The first-order valence-corrected chi connectivity index (χ1v) is 8.46. The van der Waals surface area contributed by atoms with Crippen molar-refractivity contribution in [2.45, 2.75) is 6.92 Å². The summed E-state index contributed by atoms with van der Waals surface area (Å²) in [5.74, 6) is 2.54. The highest BCUT2D eigenvalue weighted by molar-refractivity contribution is 9.10. The third kappa shape index (κ3) is 5.33. The maximum atomic E-state index is 12.9. The summed E-state index contributed by atoms with van der Waals surface area (Å²) in [7, 11) is 0. The molecule has 0 aromatic heterocycles. The Balaban J connectivity index is 2.12. The number of hydrogen-bond donors (Lipinski definition) is 1. The predicted octanol–water partition coefficient (Wildman–Crippen LogP) is 3.76. The van der Waals surface area contributed by atoms with Crippen molar-refractivity contribution in [1.29, 1.82) is 0 Å². The molecule has 0 bridgehead atoms. The van der Waals surface area contributed by atoms with Gasteiger partial charge in [0.25, 0.3) is 5.91 Å². The van der Waals surface area contributed by atoms with Gasteiger partial charge < -0.3 is 9.47 Å². The summed E-state index contributed by atoms with van der Waals surface area (Å²) < 4.78 is 24.6. The second-order valence-electron chi connectivity index (χ2n) is 4.96. The van der Waals surface area contributed by atoms with Gasteiger partial charge in [0, 0.05) is 5.56 Å². The molecule has 0 aliphatic heterocycles. The smallest absolute Gasteiger partial charge is 0.271 e. The zero-order valence-corrected chi connectivity index (χ0v) is 15.5. The lowest BCUT2D eigenvalue weighted by Gasteiger charge is -2.13. The average Bonchev–Trinajstić information content (AvgIpc) is 2.62. The van der Waals surface area contributed by atoms with E-state index in [1.807, 2.05) is 6.92 Å². The molecule has 0 unspecified atom stereocenters. The molecule has 1 amide bonds. The van der Waals surface area contributed by atoms with Gasteiger partial charge in [0.05, 0.1) is 17.3 Å². The fourth-order valence-corrected chi connectivity index (χ4v) is 2.58. The zero-order valence-electron chi connectivity index (χ0n) is 14.0. The van der Waals surface area contributed by atoms with Gasteiger partial charge in [-0.3, -0.25) is 4.79 Å². The quantitative estimate of drug-likeness (QED) is 0.423. The van der Waals surface area contributed by atoms with Crippen molar-refractivity contribution in [3.8, 4) is 23.8 Å². The summed E-state index contributed by atoms with van der Waals surface area (Å²) >= 11 is 3.40. The van der Waals surface area contributed by atoms with Crippen LogP contribution in [0.15, 0.2) is 46.0 Å². The van der Waals surface area contributed by atoms with Crippen LogP contribution in [0.1, 0.15) is 22.8 Å². The molecular weight excluding hydrogens is 403 g/mol. The van der Waals surface area contributed by atoms with E-state index in [0.717, 1.165) is 0 Å². The normalized spacial score (nSPS) is 10.4. The van der Waals surface area contributed by atoms with Crippen LogP contribution in [0.3, 0.4) is 0 Å². The second kappa shape index (κ2) is 9.59. The van der Waals surface area contributed by atoms with Gasteiger partial charge in [0.15, 0.2) is 11.5 Å². The highest BCUT2D eigenvalue weighted by Gasteiger charge is 2.11. The van der Waals surface area contributed by atoms with E-state index in [2.05, 4.69) is 32.4 Å². The van der Waals surface area contributed by atoms with Gasteiger partial charge in [-0.1, -0.05) is 5.92 Å². The van der Waals surface area contributed by atoms with E-state index >= 15 is 0 Å². The molecule has 0 saturated heterocycles. The van der Waals surface area contributed by atoms with Gasteiger partial charge in [-0.15, -0.1) is 6.42 Å². The Morgan fingerprint density at radius 2 is 2.08 bits per heavy atom. The predicted molar refractivity (Wildman–Crippen MR) is 101 cm³/mol. The summed E-state index contributed by atoms with van der Waals surface area (Å²) in [6.07, 6.45) is 6.68. The molecule has 0 heterocycles. The molecule has 0 aliphatic rings. The number of rotatable bonds is 7. The Bertz CT molecular complexity index is 845. The molecule has 2 aromatic carbocycles. The molecule has 26 heavy (non-hydrogen) atoms. The minimum atomic E-state index is -0.445. The largest absolute Gasteiger partial charge is 0.490 e. The number of amides is 1. The van der Waals surface area contributed by atoms with E-state index in [4.69, 9.17) is 15.9 Å². The second-order valence-corrected chi connectivity index (χ2v) is 5.82. The minimum absolute atomic E-state index is 0.111. The summed E-state index contributed by atoms with van der Waals surface area (Å²) in [6, 6.07) is 8.64. The van der Waals surface area contributed by atoms with Crippen molar-refractivity contribution in [2.75, 3.05) is 13.2 Å². The van der Waals surface area contributed by atoms with E-state index in [9.17, 15) is 9.18 Å². The monoisotopic (exact) mass is 418 g/mol. The third-order valence-corrected chi connectivity index (χ3v) is 3.71.